The lowest BCUT2D eigenvalue weighted by Crippen LogP contribution is -2.48. The highest BCUT2D eigenvalue weighted by molar-refractivity contribution is 5.82. The fourth-order valence-corrected chi connectivity index (χ4v) is 4.34. The number of benzene rings is 2. The minimum atomic E-state index is -0.398. The molecular weight excluding hydrogens is 518 g/mol. The maximum absolute atomic E-state index is 12.9. The lowest BCUT2D eigenvalue weighted by molar-refractivity contribution is -0.123. The number of amides is 2. The van der Waals surface area contributed by atoms with E-state index in [1.165, 1.54) is 0 Å². The minimum Gasteiger partial charge on any atom is -0.353 e. The van der Waals surface area contributed by atoms with Crippen LogP contribution >= 0.6 is 0 Å². The number of aromatic nitrogens is 4. The molecule has 0 fully saturated rings. The Morgan fingerprint density at radius 3 is 1.46 bits per heavy atom. The van der Waals surface area contributed by atoms with Crippen LogP contribution in [-0.2, 0) is 35.5 Å². The smallest absolute Gasteiger partial charge is 0.237 e. The standard InChI is InChI=1S/C30H39N9O2/c40-29(27(15-25-19-32-21-38-25)36-17-23-7-3-1-4-8-23)34-13-11-31-12-14-35-30(41)28(16-26-20-33-22-39-26)37-18-24-9-5-2-6-10-24/h1-10,19-22,27-28,31,36-37H,11-18H2,(H,32,38)(H,33,39)(H,34,40)(H,35,41)/t27-,28-/m0/s1. The van der Waals surface area contributed by atoms with E-state index in [1.54, 1.807) is 25.0 Å². The molecule has 216 valence electrons. The topological polar surface area (TPSA) is 152 Å². The van der Waals surface area contributed by atoms with E-state index in [0.29, 0.717) is 52.1 Å². The zero-order valence-electron chi connectivity index (χ0n) is 23.1. The first kappa shape index (κ1) is 29.7. The molecule has 2 atom stereocenters. The zero-order valence-corrected chi connectivity index (χ0v) is 23.1. The second kappa shape index (κ2) is 16.7. The van der Waals surface area contributed by atoms with Gasteiger partial charge in [0.05, 0.1) is 24.7 Å². The van der Waals surface area contributed by atoms with Crippen LogP contribution in [0.3, 0.4) is 0 Å². The number of imidazole rings is 2. The number of carbonyl (C=O) groups is 2. The van der Waals surface area contributed by atoms with Crippen LogP contribution in [0.25, 0.3) is 0 Å². The number of nitrogens with one attached hydrogen (secondary N) is 7. The molecule has 0 bridgehead atoms. The molecule has 41 heavy (non-hydrogen) atoms. The summed E-state index contributed by atoms with van der Waals surface area (Å²) < 4.78 is 0. The summed E-state index contributed by atoms with van der Waals surface area (Å²) in [7, 11) is 0. The minimum absolute atomic E-state index is 0.0724. The Balaban J connectivity index is 1.15. The van der Waals surface area contributed by atoms with E-state index in [9.17, 15) is 9.59 Å². The van der Waals surface area contributed by atoms with Crippen LogP contribution in [0, 0.1) is 0 Å². The SMILES string of the molecule is O=C(NCCNCCNC(=O)[C@H](Cc1cnc[nH]1)NCc1ccccc1)[C@H](Cc1cnc[nH]1)NCc1ccccc1. The summed E-state index contributed by atoms with van der Waals surface area (Å²) in [6.45, 7) is 3.29. The Morgan fingerprint density at radius 2 is 1.07 bits per heavy atom. The second-order valence-electron chi connectivity index (χ2n) is 9.73. The molecule has 7 N–H and O–H groups in total. The van der Waals surface area contributed by atoms with E-state index in [0.717, 1.165) is 22.5 Å². The molecule has 0 spiro atoms. The average molecular weight is 558 g/mol. The van der Waals surface area contributed by atoms with Crippen molar-refractivity contribution in [1.82, 2.24) is 46.5 Å². The van der Waals surface area contributed by atoms with Gasteiger partial charge in [0.25, 0.3) is 0 Å². The number of carbonyl (C=O) groups excluding carboxylic acids is 2. The molecular formula is C30H39N9O2. The van der Waals surface area contributed by atoms with Gasteiger partial charge in [-0.1, -0.05) is 60.7 Å². The maximum Gasteiger partial charge on any atom is 0.237 e. The van der Waals surface area contributed by atoms with Crippen molar-refractivity contribution in [1.29, 1.82) is 0 Å². The summed E-state index contributed by atoms with van der Waals surface area (Å²) in [5.41, 5.74) is 4.01. The van der Waals surface area contributed by atoms with Crippen LogP contribution in [0.2, 0.25) is 0 Å². The fraction of sp³-hybridized carbons (Fsp3) is 0.333. The Labute approximate surface area is 240 Å². The Hall–Kier alpha value is -4.32. The van der Waals surface area contributed by atoms with Gasteiger partial charge in [-0.05, 0) is 11.1 Å². The molecule has 0 aliphatic rings. The monoisotopic (exact) mass is 557 g/mol. The lowest BCUT2D eigenvalue weighted by Gasteiger charge is -2.19. The predicted molar refractivity (Wildman–Crippen MR) is 158 cm³/mol. The molecule has 2 amide bonds. The van der Waals surface area contributed by atoms with Gasteiger partial charge in [-0.15, -0.1) is 0 Å². The van der Waals surface area contributed by atoms with Crippen molar-refractivity contribution in [2.45, 2.75) is 38.0 Å². The number of rotatable bonds is 18. The van der Waals surface area contributed by atoms with Crippen molar-refractivity contribution in [2.75, 3.05) is 26.2 Å². The molecule has 0 aliphatic carbocycles. The van der Waals surface area contributed by atoms with Crippen molar-refractivity contribution in [3.05, 3.63) is 108 Å². The van der Waals surface area contributed by atoms with E-state index in [2.05, 4.69) is 46.5 Å². The Morgan fingerprint density at radius 1 is 0.634 bits per heavy atom. The van der Waals surface area contributed by atoms with Crippen LogP contribution in [0.15, 0.2) is 85.7 Å². The summed E-state index contributed by atoms with van der Waals surface area (Å²) in [4.78, 5) is 40.1. The van der Waals surface area contributed by atoms with Crippen LogP contribution in [0.5, 0.6) is 0 Å². The van der Waals surface area contributed by atoms with E-state index in [1.807, 2.05) is 60.7 Å². The van der Waals surface area contributed by atoms with Crippen molar-refractivity contribution in [3.8, 4) is 0 Å². The molecule has 2 heterocycles. The quantitative estimate of drug-likeness (QED) is 0.0904. The third-order valence-electron chi connectivity index (χ3n) is 6.58. The van der Waals surface area contributed by atoms with Crippen LogP contribution in [0.1, 0.15) is 22.5 Å². The normalized spacial score (nSPS) is 12.5. The highest BCUT2D eigenvalue weighted by Gasteiger charge is 2.20. The van der Waals surface area contributed by atoms with E-state index >= 15 is 0 Å². The third kappa shape index (κ3) is 10.6. The van der Waals surface area contributed by atoms with Crippen molar-refractivity contribution in [2.24, 2.45) is 0 Å². The molecule has 0 aliphatic heterocycles. The molecule has 0 radical (unpaired) electrons. The van der Waals surface area contributed by atoms with Gasteiger partial charge in [0, 0.05) is 75.9 Å². The fourth-order valence-electron chi connectivity index (χ4n) is 4.34. The largest absolute Gasteiger partial charge is 0.353 e. The molecule has 0 unspecified atom stereocenters. The molecule has 11 heteroatoms. The first-order chi connectivity index (χ1) is 20.2. The highest BCUT2D eigenvalue weighted by atomic mass is 16.2. The van der Waals surface area contributed by atoms with Gasteiger partial charge >= 0.3 is 0 Å². The first-order valence-corrected chi connectivity index (χ1v) is 13.9. The second-order valence-corrected chi connectivity index (χ2v) is 9.73. The van der Waals surface area contributed by atoms with Gasteiger partial charge in [-0.3, -0.25) is 9.59 Å². The molecule has 2 aromatic heterocycles. The lowest BCUT2D eigenvalue weighted by atomic mass is 10.1. The van der Waals surface area contributed by atoms with Crippen molar-refractivity contribution < 1.29 is 9.59 Å². The molecule has 0 saturated heterocycles. The number of H-pyrrole nitrogens is 2. The van der Waals surface area contributed by atoms with Gasteiger partial charge < -0.3 is 36.6 Å². The number of hydrogen-bond acceptors (Lipinski definition) is 7. The van der Waals surface area contributed by atoms with Crippen molar-refractivity contribution in [3.63, 3.8) is 0 Å². The van der Waals surface area contributed by atoms with Gasteiger partial charge in [0.15, 0.2) is 0 Å². The molecule has 2 aromatic carbocycles. The Bertz CT molecular complexity index is 1170. The highest BCUT2D eigenvalue weighted by Crippen LogP contribution is 2.04. The summed E-state index contributed by atoms with van der Waals surface area (Å²) in [5.74, 6) is -0.145. The average Bonchev–Trinajstić information content (AvgIpc) is 3.72. The molecule has 4 rings (SSSR count). The van der Waals surface area contributed by atoms with Gasteiger partial charge in [0.2, 0.25) is 11.8 Å². The van der Waals surface area contributed by atoms with Crippen molar-refractivity contribution >= 4 is 11.8 Å². The third-order valence-corrected chi connectivity index (χ3v) is 6.58. The van der Waals surface area contributed by atoms with Crippen LogP contribution < -0.4 is 26.6 Å². The first-order valence-electron chi connectivity index (χ1n) is 13.9. The van der Waals surface area contributed by atoms with Gasteiger partial charge in [-0.25, -0.2) is 9.97 Å². The van der Waals surface area contributed by atoms with Gasteiger partial charge in [-0.2, -0.15) is 0 Å². The van der Waals surface area contributed by atoms with Crippen LogP contribution in [-0.4, -0.2) is 70.0 Å². The summed E-state index contributed by atoms with van der Waals surface area (Å²) in [5, 5.41) is 16.0. The summed E-state index contributed by atoms with van der Waals surface area (Å²) in [6.07, 6.45) is 7.71. The van der Waals surface area contributed by atoms with E-state index < -0.39 is 12.1 Å². The maximum atomic E-state index is 12.9. The number of nitrogens with zero attached hydrogens (tertiary/aromatic N) is 2. The molecule has 0 saturated carbocycles. The Kier molecular flexibility index (Phi) is 12.1. The van der Waals surface area contributed by atoms with E-state index in [-0.39, 0.29) is 11.8 Å². The summed E-state index contributed by atoms with van der Waals surface area (Å²) >= 11 is 0. The molecule has 11 nitrogen and oxygen atoms in total. The zero-order chi connectivity index (χ0) is 28.5. The van der Waals surface area contributed by atoms with E-state index in [4.69, 9.17) is 0 Å². The van der Waals surface area contributed by atoms with Crippen LogP contribution in [0.4, 0.5) is 0 Å². The number of aromatic amines is 2. The molecule has 4 aromatic rings. The predicted octanol–water partition coefficient (Wildman–Crippen LogP) is 1.06. The number of hydrogen-bond donors (Lipinski definition) is 7. The van der Waals surface area contributed by atoms with Gasteiger partial charge in [0.1, 0.15) is 0 Å². The summed E-state index contributed by atoms with van der Waals surface area (Å²) in [6, 6.07) is 19.2.